The molecule has 3 rings (SSSR count). The molecule has 1 amide bonds. The van der Waals surface area contributed by atoms with Crippen LogP contribution in [0.2, 0.25) is 0 Å². The van der Waals surface area contributed by atoms with E-state index < -0.39 is 0 Å². The molecule has 1 aromatic heterocycles. The Morgan fingerprint density at radius 1 is 1.12 bits per heavy atom. The summed E-state index contributed by atoms with van der Waals surface area (Å²) in [5.41, 5.74) is 1.59. The SMILES string of the molecule is C[C@@H](Sc1nnc(-c2ccc(Br)cc2)o1)C(=O)Nc1ccccc1. The van der Waals surface area contributed by atoms with Crippen molar-refractivity contribution >= 4 is 39.3 Å². The van der Waals surface area contributed by atoms with Gasteiger partial charge >= 0.3 is 0 Å². The second-order valence-electron chi connectivity index (χ2n) is 5.00. The third-order valence-corrected chi connectivity index (χ3v) is 4.65. The Morgan fingerprint density at radius 3 is 2.54 bits per heavy atom. The van der Waals surface area contributed by atoms with E-state index in [9.17, 15) is 4.79 Å². The normalized spacial score (nSPS) is 11.9. The first-order valence-corrected chi connectivity index (χ1v) is 8.91. The molecule has 5 nitrogen and oxygen atoms in total. The van der Waals surface area contributed by atoms with Gasteiger partial charge < -0.3 is 9.73 Å². The summed E-state index contributed by atoms with van der Waals surface area (Å²) in [6.45, 7) is 1.80. The Labute approximate surface area is 152 Å². The smallest absolute Gasteiger partial charge is 0.277 e. The second-order valence-corrected chi connectivity index (χ2v) is 7.20. The summed E-state index contributed by atoms with van der Waals surface area (Å²) in [6.07, 6.45) is 0. The Hall–Kier alpha value is -2.12. The number of halogens is 1. The van der Waals surface area contributed by atoms with Crippen molar-refractivity contribution in [3.05, 3.63) is 59.1 Å². The molecule has 0 saturated heterocycles. The number of thioether (sulfide) groups is 1. The van der Waals surface area contributed by atoms with Crippen molar-refractivity contribution in [1.29, 1.82) is 0 Å². The van der Waals surface area contributed by atoms with Gasteiger partial charge in [0.2, 0.25) is 11.8 Å². The van der Waals surface area contributed by atoms with Gasteiger partial charge in [-0.3, -0.25) is 4.79 Å². The number of nitrogens with one attached hydrogen (secondary N) is 1. The highest BCUT2D eigenvalue weighted by atomic mass is 79.9. The van der Waals surface area contributed by atoms with Crippen molar-refractivity contribution in [2.45, 2.75) is 17.4 Å². The zero-order valence-electron chi connectivity index (χ0n) is 12.8. The minimum atomic E-state index is -0.358. The third-order valence-electron chi connectivity index (χ3n) is 3.19. The molecule has 24 heavy (non-hydrogen) atoms. The topological polar surface area (TPSA) is 68.0 Å². The predicted molar refractivity (Wildman–Crippen MR) is 97.8 cm³/mol. The molecule has 1 N–H and O–H groups in total. The summed E-state index contributed by atoms with van der Waals surface area (Å²) >= 11 is 4.61. The quantitative estimate of drug-likeness (QED) is 0.629. The van der Waals surface area contributed by atoms with Crippen LogP contribution in [0.15, 0.2) is 68.7 Å². The van der Waals surface area contributed by atoms with Crippen molar-refractivity contribution in [1.82, 2.24) is 10.2 Å². The van der Waals surface area contributed by atoms with Gasteiger partial charge in [-0.2, -0.15) is 0 Å². The number of carbonyl (C=O) groups is 1. The van der Waals surface area contributed by atoms with Gasteiger partial charge in [0.25, 0.3) is 5.22 Å². The summed E-state index contributed by atoms with van der Waals surface area (Å²) in [6, 6.07) is 16.9. The summed E-state index contributed by atoms with van der Waals surface area (Å²) in [5, 5.41) is 10.9. The van der Waals surface area contributed by atoms with E-state index in [1.54, 1.807) is 6.92 Å². The number of amides is 1. The molecular weight excluding hydrogens is 390 g/mol. The molecule has 122 valence electrons. The molecular formula is C17H14BrN3O2S. The first-order valence-electron chi connectivity index (χ1n) is 7.24. The van der Waals surface area contributed by atoms with Crippen LogP contribution < -0.4 is 5.32 Å². The van der Waals surface area contributed by atoms with Gasteiger partial charge in [-0.05, 0) is 43.3 Å². The number of para-hydroxylation sites is 1. The summed E-state index contributed by atoms with van der Waals surface area (Å²) in [7, 11) is 0. The Balaban J connectivity index is 1.63. The number of benzene rings is 2. The van der Waals surface area contributed by atoms with Gasteiger partial charge in [-0.15, -0.1) is 10.2 Å². The lowest BCUT2D eigenvalue weighted by Crippen LogP contribution is -2.22. The molecule has 7 heteroatoms. The molecule has 3 aromatic rings. The number of anilines is 1. The standard InChI is InChI=1S/C17H14BrN3O2S/c1-11(15(22)19-14-5-3-2-4-6-14)24-17-21-20-16(23-17)12-7-9-13(18)10-8-12/h2-11H,1H3,(H,19,22)/t11-/m1/s1. The molecule has 0 aliphatic heterocycles. The lowest BCUT2D eigenvalue weighted by molar-refractivity contribution is -0.115. The van der Waals surface area contributed by atoms with E-state index in [1.807, 2.05) is 54.6 Å². The summed E-state index contributed by atoms with van der Waals surface area (Å²) < 4.78 is 6.60. The van der Waals surface area contributed by atoms with Crippen LogP contribution in [0.25, 0.3) is 11.5 Å². The van der Waals surface area contributed by atoms with Gasteiger partial charge in [0.1, 0.15) is 0 Å². The van der Waals surface area contributed by atoms with Gasteiger partial charge in [0.05, 0.1) is 5.25 Å². The minimum absolute atomic E-state index is 0.116. The number of hydrogen-bond acceptors (Lipinski definition) is 5. The highest BCUT2D eigenvalue weighted by molar-refractivity contribution is 9.10. The Kier molecular flexibility index (Phi) is 5.32. The first-order chi connectivity index (χ1) is 11.6. The number of hydrogen-bond donors (Lipinski definition) is 1. The maximum atomic E-state index is 12.2. The van der Waals surface area contributed by atoms with Crippen LogP contribution in [-0.4, -0.2) is 21.4 Å². The van der Waals surface area contributed by atoms with Crippen LogP contribution in [0.5, 0.6) is 0 Å². The fourth-order valence-corrected chi connectivity index (χ4v) is 2.88. The van der Waals surface area contributed by atoms with E-state index >= 15 is 0 Å². The largest absolute Gasteiger partial charge is 0.411 e. The van der Waals surface area contributed by atoms with Gasteiger partial charge in [-0.25, -0.2) is 0 Å². The van der Waals surface area contributed by atoms with E-state index in [2.05, 4.69) is 31.4 Å². The monoisotopic (exact) mass is 403 g/mol. The van der Waals surface area contributed by atoms with E-state index in [1.165, 1.54) is 11.8 Å². The molecule has 0 unspecified atom stereocenters. The van der Waals surface area contributed by atoms with Gasteiger partial charge in [0, 0.05) is 15.7 Å². The molecule has 1 heterocycles. The van der Waals surface area contributed by atoms with Crippen molar-refractivity contribution in [2.75, 3.05) is 5.32 Å². The maximum absolute atomic E-state index is 12.2. The summed E-state index contributed by atoms with van der Waals surface area (Å²) in [5.74, 6) is 0.315. The van der Waals surface area contributed by atoms with Crippen molar-refractivity contribution in [3.63, 3.8) is 0 Å². The van der Waals surface area contributed by atoms with Crippen LogP contribution in [0.1, 0.15) is 6.92 Å². The average Bonchev–Trinajstić information content (AvgIpc) is 3.05. The van der Waals surface area contributed by atoms with Crippen LogP contribution in [0.4, 0.5) is 5.69 Å². The highest BCUT2D eigenvalue weighted by Crippen LogP contribution is 2.27. The molecule has 0 aliphatic carbocycles. The fourth-order valence-electron chi connectivity index (χ4n) is 1.94. The average molecular weight is 404 g/mol. The van der Waals surface area contributed by atoms with Crippen molar-refractivity contribution < 1.29 is 9.21 Å². The lowest BCUT2D eigenvalue weighted by atomic mass is 10.2. The van der Waals surface area contributed by atoms with Crippen LogP contribution in [0, 0.1) is 0 Å². The van der Waals surface area contributed by atoms with E-state index in [0.29, 0.717) is 11.1 Å². The molecule has 1 atom stereocenters. The zero-order valence-corrected chi connectivity index (χ0v) is 15.2. The molecule has 0 fully saturated rings. The van der Waals surface area contributed by atoms with Gasteiger partial charge in [0.15, 0.2) is 0 Å². The minimum Gasteiger partial charge on any atom is -0.411 e. The molecule has 0 radical (unpaired) electrons. The third kappa shape index (κ3) is 4.24. The molecule has 0 saturated carbocycles. The van der Waals surface area contributed by atoms with Crippen LogP contribution in [0.3, 0.4) is 0 Å². The van der Waals surface area contributed by atoms with E-state index in [-0.39, 0.29) is 11.2 Å². The highest BCUT2D eigenvalue weighted by Gasteiger charge is 2.18. The lowest BCUT2D eigenvalue weighted by Gasteiger charge is -2.09. The van der Waals surface area contributed by atoms with E-state index in [0.717, 1.165) is 15.7 Å². The second kappa shape index (κ2) is 7.63. The summed E-state index contributed by atoms with van der Waals surface area (Å²) in [4.78, 5) is 12.2. The van der Waals surface area contributed by atoms with E-state index in [4.69, 9.17) is 4.42 Å². The van der Waals surface area contributed by atoms with Crippen LogP contribution in [-0.2, 0) is 4.79 Å². The fraction of sp³-hybridized carbons (Fsp3) is 0.118. The van der Waals surface area contributed by atoms with Crippen LogP contribution >= 0.6 is 27.7 Å². The maximum Gasteiger partial charge on any atom is 0.277 e. The molecule has 0 aliphatic rings. The van der Waals surface area contributed by atoms with Crippen molar-refractivity contribution in [2.24, 2.45) is 0 Å². The number of carbonyl (C=O) groups excluding carboxylic acids is 1. The zero-order chi connectivity index (χ0) is 16.9. The van der Waals surface area contributed by atoms with Crippen molar-refractivity contribution in [3.8, 4) is 11.5 Å². The Bertz CT molecular complexity index is 821. The van der Waals surface area contributed by atoms with Gasteiger partial charge in [-0.1, -0.05) is 45.9 Å². The molecule has 0 spiro atoms. The Morgan fingerprint density at radius 2 is 1.83 bits per heavy atom. The first kappa shape index (κ1) is 16.7. The number of rotatable bonds is 5. The molecule has 2 aromatic carbocycles. The number of aromatic nitrogens is 2. The molecule has 0 bridgehead atoms. The number of nitrogens with zero attached hydrogens (tertiary/aromatic N) is 2. The predicted octanol–water partition coefficient (Wildman–Crippen LogP) is 4.62.